The standard InChI is InChI=1S/C26H31N3O6/c1-16(2)15-35-20-10-11-21(17(3)14-20)24(30)22-23(18-6-8-19(9-7-18)29(33)34)28(13-12-27(4)5)26(32)25(22)31/h6-11,14,16,23,30H,12-13,15H2,1-5H3/t23-/m0/s1. The molecular weight excluding hydrogens is 450 g/mol. The lowest BCUT2D eigenvalue weighted by Crippen LogP contribution is -2.35. The van der Waals surface area contributed by atoms with Gasteiger partial charge < -0.3 is 19.6 Å². The summed E-state index contributed by atoms with van der Waals surface area (Å²) in [5.74, 6) is -0.795. The largest absolute Gasteiger partial charge is 0.507 e. The summed E-state index contributed by atoms with van der Waals surface area (Å²) in [5, 5.41) is 22.4. The maximum Gasteiger partial charge on any atom is 0.295 e. The van der Waals surface area contributed by atoms with E-state index in [9.17, 15) is 24.8 Å². The minimum atomic E-state index is -0.868. The molecule has 1 fully saturated rings. The van der Waals surface area contributed by atoms with E-state index >= 15 is 0 Å². The number of aliphatic hydroxyl groups excluding tert-OH is 1. The molecule has 9 heteroatoms. The van der Waals surface area contributed by atoms with E-state index in [0.717, 1.165) is 0 Å². The van der Waals surface area contributed by atoms with Crippen LogP contribution in [0.5, 0.6) is 5.75 Å². The molecule has 2 aromatic rings. The molecule has 35 heavy (non-hydrogen) atoms. The van der Waals surface area contributed by atoms with Crippen LogP contribution in [-0.2, 0) is 9.59 Å². The Kier molecular flexibility index (Phi) is 7.91. The molecule has 0 unspecified atom stereocenters. The Morgan fingerprint density at radius 3 is 2.37 bits per heavy atom. The number of ether oxygens (including phenoxy) is 1. The van der Waals surface area contributed by atoms with E-state index in [4.69, 9.17) is 4.74 Å². The Balaban J connectivity index is 2.09. The molecule has 3 rings (SSSR count). The monoisotopic (exact) mass is 481 g/mol. The molecule has 0 spiro atoms. The van der Waals surface area contributed by atoms with Crippen LogP contribution < -0.4 is 4.74 Å². The van der Waals surface area contributed by atoms with Crippen LogP contribution in [0, 0.1) is 23.0 Å². The number of likely N-dealkylation sites (tertiary alicyclic amines) is 1. The van der Waals surface area contributed by atoms with Gasteiger partial charge >= 0.3 is 0 Å². The lowest BCUT2D eigenvalue weighted by molar-refractivity contribution is -0.384. The first-order valence-corrected chi connectivity index (χ1v) is 11.4. The summed E-state index contributed by atoms with van der Waals surface area (Å²) in [5.41, 5.74) is 1.46. The fourth-order valence-corrected chi connectivity index (χ4v) is 3.94. The van der Waals surface area contributed by atoms with Crippen molar-refractivity contribution in [2.24, 2.45) is 5.92 Å². The van der Waals surface area contributed by atoms with Crippen LogP contribution >= 0.6 is 0 Å². The number of likely N-dealkylation sites (N-methyl/N-ethyl adjacent to an activating group) is 1. The highest BCUT2D eigenvalue weighted by molar-refractivity contribution is 6.46. The summed E-state index contributed by atoms with van der Waals surface area (Å²) in [6.07, 6.45) is 0. The van der Waals surface area contributed by atoms with Crippen molar-refractivity contribution in [1.29, 1.82) is 0 Å². The molecule has 0 aliphatic carbocycles. The molecule has 0 radical (unpaired) electrons. The fraction of sp³-hybridized carbons (Fsp3) is 0.385. The normalized spacial score (nSPS) is 17.5. The number of aryl methyl sites for hydroxylation is 1. The van der Waals surface area contributed by atoms with E-state index in [1.54, 1.807) is 25.1 Å². The van der Waals surface area contributed by atoms with Crippen LogP contribution in [0.1, 0.15) is 36.6 Å². The van der Waals surface area contributed by atoms with E-state index in [1.165, 1.54) is 29.2 Å². The van der Waals surface area contributed by atoms with Crippen LogP contribution in [0.15, 0.2) is 48.0 Å². The zero-order chi connectivity index (χ0) is 25.9. The summed E-state index contributed by atoms with van der Waals surface area (Å²) in [6.45, 7) is 7.16. The summed E-state index contributed by atoms with van der Waals surface area (Å²) in [4.78, 5) is 40.0. The number of carbonyl (C=O) groups is 2. The smallest absolute Gasteiger partial charge is 0.295 e. The molecule has 0 bridgehead atoms. The van der Waals surface area contributed by atoms with Gasteiger partial charge in [0.2, 0.25) is 0 Å². The van der Waals surface area contributed by atoms with Crippen molar-refractivity contribution in [2.45, 2.75) is 26.8 Å². The van der Waals surface area contributed by atoms with Gasteiger partial charge in [0.15, 0.2) is 0 Å². The highest BCUT2D eigenvalue weighted by Crippen LogP contribution is 2.40. The zero-order valence-corrected chi connectivity index (χ0v) is 20.6. The Bertz CT molecular complexity index is 1150. The molecule has 1 heterocycles. The molecule has 1 N–H and O–H groups in total. The van der Waals surface area contributed by atoms with Crippen LogP contribution in [0.2, 0.25) is 0 Å². The molecule has 9 nitrogen and oxygen atoms in total. The van der Waals surface area contributed by atoms with Crippen molar-refractivity contribution in [3.8, 4) is 5.75 Å². The molecule has 1 atom stereocenters. The SMILES string of the molecule is Cc1cc(OCC(C)C)ccc1C(O)=C1C(=O)C(=O)N(CCN(C)C)[C@H]1c1ccc([N+](=O)[O-])cc1. The molecule has 0 aromatic heterocycles. The number of rotatable bonds is 9. The molecule has 0 saturated carbocycles. The first kappa shape index (κ1) is 25.9. The van der Waals surface area contributed by atoms with Crippen molar-refractivity contribution in [3.63, 3.8) is 0 Å². The van der Waals surface area contributed by atoms with Crippen molar-refractivity contribution in [1.82, 2.24) is 9.80 Å². The van der Waals surface area contributed by atoms with Crippen molar-refractivity contribution in [2.75, 3.05) is 33.8 Å². The molecular formula is C26H31N3O6. The minimum Gasteiger partial charge on any atom is -0.507 e. The summed E-state index contributed by atoms with van der Waals surface area (Å²) >= 11 is 0. The third-order valence-corrected chi connectivity index (χ3v) is 5.78. The maximum absolute atomic E-state index is 13.1. The lowest BCUT2D eigenvalue weighted by atomic mass is 9.93. The maximum atomic E-state index is 13.1. The summed E-state index contributed by atoms with van der Waals surface area (Å²) in [6, 6.07) is 9.97. The second-order valence-corrected chi connectivity index (χ2v) is 9.33. The average Bonchev–Trinajstić information content (AvgIpc) is 3.05. The first-order valence-electron chi connectivity index (χ1n) is 11.4. The number of nitro benzene ring substituents is 1. The fourth-order valence-electron chi connectivity index (χ4n) is 3.94. The van der Waals surface area contributed by atoms with Crippen LogP contribution in [-0.4, -0.2) is 65.3 Å². The van der Waals surface area contributed by atoms with E-state index in [2.05, 4.69) is 0 Å². The number of carbonyl (C=O) groups excluding carboxylic acids is 2. The Morgan fingerprint density at radius 1 is 1.17 bits per heavy atom. The predicted octanol–water partition coefficient (Wildman–Crippen LogP) is 3.92. The van der Waals surface area contributed by atoms with Gasteiger partial charge in [-0.25, -0.2) is 0 Å². The van der Waals surface area contributed by atoms with Gasteiger partial charge in [0.1, 0.15) is 11.5 Å². The number of hydrogen-bond acceptors (Lipinski definition) is 7. The van der Waals surface area contributed by atoms with Gasteiger partial charge in [0, 0.05) is 30.8 Å². The quantitative estimate of drug-likeness (QED) is 0.190. The molecule has 186 valence electrons. The van der Waals surface area contributed by atoms with Gasteiger partial charge in [-0.1, -0.05) is 13.8 Å². The average molecular weight is 482 g/mol. The Labute approximate surface area is 204 Å². The topological polar surface area (TPSA) is 113 Å². The number of Topliss-reactive ketones (excluding diaryl/α,β-unsaturated/α-hetero) is 1. The number of ketones is 1. The summed E-state index contributed by atoms with van der Waals surface area (Å²) < 4.78 is 5.75. The number of aliphatic hydroxyl groups is 1. The molecule has 1 saturated heterocycles. The van der Waals surface area contributed by atoms with Crippen molar-refractivity contribution >= 4 is 23.1 Å². The molecule has 1 aliphatic heterocycles. The highest BCUT2D eigenvalue weighted by atomic mass is 16.6. The van der Waals surface area contributed by atoms with Crippen LogP contribution in [0.3, 0.4) is 0 Å². The molecule has 1 aliphatic rings. The van der Waals surface area contributed by atoms with Gasteiger partial charge in [0.05, 0.1) is 23.1 Å². The molecule has 2 aromatic carbocycles. The summed E-state index contributed by atoms with van der Waals surface area (Å²) in [7, 11) is 3.70. The van der Waals surface area contributed by atoms with Gasteiger partial charge in [0.25, 0.3) is 17.4 Å². The van der Waals surface area contributed by atoms with E-state index in [0.29, 0.717) is 41.5 Å². The second kappa shape index (κ2) is 10.7. The number of benzene rings is 2. The van der Waals surface area contributed by atoms with Crippen LogP contribution in [0.25, 0.3) is 5.76 Å². The Hall–Kier alpha value is -3.72. The second-order valence-electron chi connectivity index (χ2n) is 9.33. The van der Waals surface area contributed by atoms with Gasteiger partial charge in [-0.15, -0.1) is 0 Å². The lowest BCUT2D eigenvalue weighted by Gasteiger charge is -2.26. The Morgan fingerprint density at radius 2 is 1.83 bits per heavy atom. The highest BCUT2D eigenvalue weighted by Gasteiger charge is 2.46. The van der Waals surface area contributed by atoms with Crippen molar-refractivity contribution in [3.05, 3.63) is 74.8 Å². The van der Waals surface area contributed by atoms with E-state index in [1.807, 2.05) is 32.8 Å². The first-order chi connectivity index (χ1) is 16.5. The van der Waals surface area contributed by atoms with Crippen molar-refractivity contribution < 1.29 is 24.4 Å². The zero-order valence-electron chi connectivity index (χ0n) is 20.6. The third kappa shape index (κ3) is 5.68. The predicted molar refractivity (Wildman–Crippen MR) is 132 cm³/mol. The number of nitro groups is 1. The van der Waals surface area contributed by atoms with E-state index in [-0.39, 0.29) is 23.6 Å². The van der Waals surface area contributed by atoms with E-state index < -0.39 is 22.7 Å². The minimum absolute atomic E-state index is 0.0402. The van der Waals surface area contributed by atoms with Gasteiger partial charge in [-0.2, -0.15) is 0 Å². The van der Waals surface area contributed by atoms with Gasteiger partial charge in [-0.05, 0) is 68.4 Å². The number of nitrogens with zero attached hydrogens (tertiary/aromatic N) is 3. The number of amides is 1. The number of hydrogen-bond donors (Lipinski definition) is 1. The van der Waals surface area contributed by atoms with Gasteiger partial charge in [-0.3, -0.25) is 19.7 Å². The third-order valence-electron chi connectivity index (χ3n) is 5.78. The number of non-ortho nitro benzene ring substituents is 1. The van der Waals surface area contributed by atoms with Crippen LogP contribution in [0.4, 0.5) is 5.69 Å². The molecule has 1 amide bonds.